The number of hydrogen-bond donors (Lipinski definition) is 2. The third kappa shape index (κ3) is 6.83. The molecule has 0 rings (SSSR count). The fourth-order valence-electron chi connectivity index (χ4n) is 2.51. The Hall–Kier alpha value is 1.27. The molecule has 0 aromatic heterocycles. The number of alkyl halides is 2. The smallest absolute Gasteiger partial charge is 0.184 e. The predicted molar refractivity (Wildman–Crippen MR) is 113 cm³/mol. The summed E-state index contributed by atoms with van der Waals surface area (Å²) in [5.41, 5.74) is 0. The van der Waals surface area contributed by atoms with E-state index in [1.807, 2.05) is 0 Å². The van der Waals surface area contributed by atoms with Crippen molar-refractivity contribution < 1.29 is 14.3 Å². The normalized spacial score (nSPS) is 21.4. The van der Waals surface area contributed by atoms with Gasteiger partial charge in [-0.1, -0.05) is 73.4 Å². The molecule has 0 amide bonds. The van der Waals surface area contributed by atoms with Crippen molar-refractivity contribution in [2.45, 2.75) is 89.0 Å². The lowest BCUT2D eigenvalue weighted by Crippen LogP contribution is -2.59. The van der Waals surface area contributed by atoms with Crippen LogP contribution in [-0.2, 0) is 4.12 Å². The third-order valence-corrected chi connectivity index (χ3v) is 19.2. The van der Waals surface area contributed by atoms with Crippen molar-refractivity contribution in [1.29, 1.82) is 0 Å². The van der Waals surface area contributed by atoms with Crippen molar-refractivity contribution >= 4 is 48.5 Å². The van der Waals surface area contributed by atoms with Gasteiger partial charge in [0, 0.05) is 10.7 Å². The van der Waals surface area contributed by atoms with Crippen LogP contribution in [0.3, 0.4) is 0 Å². The number of rotatable bonds is 8. The SMILES string of the molecule is CC(C)(C)[Si](C)(CC(O)CBr)O[Si](C)(CC(O)CBr)C(C)(C)C. The van der Waals surface area contributed by atoms with Crippen LogP contribution < -0.4 is 0 Å². The summed E-state index contributed by atoms with van der Waals surface area (Å²) in [5, 5.41) is 21.7. The maximum absolute atomic E-state index is 10.3. The number of halogens is 2. The van der Waals surface area contributed by atoms with Crippen molar-refractivity contribution in [3.05, 3.63) is 0 Å². The molecule has 0 saturated heterocycles. The molecule has 4 unspecified atom stereocenters. The van der Waals surface area contributed by atoms with E-state index in [9.17, 15) is 10.2 Å². The largest absolute Gasteiger partial charge is 0.454 e. The lowest BCUT2D eigenvalue weighted by molar-refractivity contribution is 0.206. The highest BCUT2D eigenvalue weighted by Crippen LogP contribution is 2.48. The summed E-state index contributed by atoms with van der Waals surface area (Å²) in [4.78, 5) is 0. The van der Waals surface area contributed by atoms with Crippen molar-refractivity contribution in [2.24, 2.45) is 0 Å². The van der Waals surface area contributed by atoms with Gasteiger partial charge in [0.25, 0.3) is 0 Å². The molecule has 0 saturated carbocycles. The van der Waals surface area contributed by atoms with Gasteiger partial charge in [0.1, 0.15) is 0 Å². The van der Waals surface area contributed by atoms with E-state index < -0.39 is 16.6 Å². The molecule has 0 fully saturated rings. The highest BCUT2D eigenvalue weighted by molar-refractivity contribution is 9.09. The molecule has 0 aromatic carbocycles. The standard InChI is InChI=1S/C16H36Br2O3Si2/c1-15(2,3)22(7,11-13(19)9-17)21-23(8,16(4,5)6)12-14(20)10-18/h13-14,19-20H,9-12H2,1-8H3. The minimum absolute atomic E-state index is 0.0228. The maximum Gasteiger partial charge on any atom is 0.184 e. The van der Waals surface area contributed by atoms with Crippen molar-refractivity contribution in [3.8, 4) is 0 Å². The summed E-state index contributed by atoms with van der Waals surface area (Å²) < 4.78 is 7.02. The van der Waals surface area contributed by atoms with E-state index in [2.05, 4.69) is 86.5 Å². The molecule has 2 N–H and O–H groups in total. The van der Waals surface area contributed by atoms with Gasteiger partial charge < -0.3 is 14.3 Å². The summed E-state index contributed by atoms with van der Waals surface area (Å²) in [7, 11) is -4.41. The summed E-state index contributed by atoms with van der Waals surface area (Å²) in [5.74, 6) is 0. The number of aliphatic hydroxyl groups excluding tert-OH is 2. The first kappa shape index (κ1) is 24.3. The van der Waals surface area contributed by atoms with Crippen LogP contribution in [0, 0.1) is 0 Å². The topological polar surface area (TPSA) is 49.7 Å². The van der Waals surface area contributed by atoms with Gasteiger partial charge in [0.2, 0.25) is 0 Å². The molecule has 23 heavy (non-hydrogen) atoms. The lowest BCUT2D eigenvalue weighted by atomic mass is 10.2. The molecule has 0 heterocycles. The van der Waals surface area contributed by atoms with Crippen molar-refractivity contribution in [3.63, 3.8) is 0 Å². The molecule has 0 aliphatic carbocycles. The summed E-state index contributed by atoms with van der Waals surface area (Å²) >= 11 is 6.77. The molecule has 0 bridgehead atoms. The Bertz CT molecular complexity index is 337. The number of hydrogen-bond acceptors (Lipinski definition) is 3. The molecule has 140 valence electrons. The van der Waals surface area contributed by atoms with Crippen molar-refractivity contribution in [2.75, 3.05) is 10.7 Å². The van der Waals surface area contributed by atoms with Crippen LogP contribution in [0.15, 0.2) is 0 Å². The highest BCUT2D eigenvalue weighted by Gasteiger charge is 2.52. The van der Waals surface area contributed by atoms with Crippen LogP contribution in [0.25, 0.3) is 0 Å². The molecule has 0 aromatic rings. The van der Waals surface area contributed by atoms with Gasteiger partial charge in [-0.3, -0.25) is 0 Å². The second-order valence-corrected chi connectivity index (χ2v) is 19.9. The first-order valence-corrected chi connectivity index (χ1v) is 15.8. The van der Waals surface area contributed by atoms with Crippen molar-refractivity contribution in [1.82, 2.24) is 0 Å². The van der Waals surface area contributed by atoms with Gasteiger partial charge in [-0.25, -0.2) is 0 Å². The molecule has 7 heteroatoms. The van der Waals surface area contributed by atoms with Gasteiger partial charge in [-0.15, -0.1) is 0 Å². The fourth-order valence-corrected chi connectivity index (χ4v) is 14.2. The van der Waals surface area contributed by atoms with Gasteiger partial charge in [-0.2, -0.15) is 0 Å². The minimum atomic E-state index is -2.20. The van der Waals surface area contributed by atoms with Crippen LogP contribution in [0.4, 0.5) is 0 Å². The van der Waals surface area contributed by atoms with Crippen LogP contribution in [0.2, 0.25) is 35.3 Å². The van der Waals surface area contributed by atoms with Gasteiger partial charge >= 0.3 is 0 Å². The average molecular weight is 492 g/mol. The Morgan fingerprint density at radius 2 is 1.04 bits per heavy atom. The van der Waals surface area contributed by atoms with E-state index in [-0.39, 0.29) is 22.3 Å². The molecule has 3 nitrogen and oxygen atoms in total. The zero-order valence-electron chi connectivity index (χ0n) is 16.0. The number of aliphatic hydroxyl groups is 2. The Balaban J connectivity index is 5.70. The van der Waals surface area contributed by atoms with E-state index >= 15 is 0 Å². The molecular formula is C16H36Br2O3Si2. The lowest BCUT2D eigenvalue weighted by Gasteiger charge is -2.51. The van der Waals surface area contributed by atoms with E-state index in [0.717, 1.165) is 0 Å². The highest BCUT2D eigenvalue weighted by atomic mass is 79.9. The Kier molecular flexibility index (Phi) is 9.26. The van der Waals surface area contributed by atoms with E-state index in [1.54, 1.807) is 0 Å². The summed E-state index contributed by atoms with van der Waals surface area (Å²) in [6.07, 6.45) is -0.768. The zero-order valence-corrected chi connectivity index (χ0v) is 21.2. The van der Waals surface area contributed by atoms with Crippen LogP contribution in [-0.4, -0.2) is 49.7 Å². The molecule has 4 atom stereocenters. The van der Waals surface area contributed by atoms with E-state index in [0.29, 0.717) is 22.7 Å². The second-order valence-electron chi connectivity index (χ2n) is 9.09. The summed E-state index contributed by atoms with van der Waals surface area (Å²) in [6, 6.07) is 1.43. The Morgan fingerprint density at radius 1 is 0.783 bits per heavy atom. The average Bonchev–Trinajstić information content (AvgIpc) is 2.35. The minimum Gasteiger partial charge on any atom is -0.454 e. The van der Waals surface area contributed by atoms with Crippen LogP contribution >= 0.6 is 31.9 Å². The van der Waals surface area contributed by atoms with E-state index in [1.165, 1.54) is 0 Å². The van der Waals surface area contributed by atoms with Gasteiger partial charge in [-0.05, 0) is 35.3 Å². The predicted octanol–water partition coefficient (Wildman–Crippen LogP) is 5.27. The van der Waals surface area contributed by atoms with Crippen LogP contribution in [0.5, 0.6) is 0 Å². The van der Waals surface area contributed by atoms with Gasteiger partial charge in [0.05, 0.1) is 12.2 Å². The zero-order chi connectivity index (χ0) is 18.7. The molecule has 0 spiro atoms. The third-order valence-electron chi connectivity index (χ3n) is 5.23. The summed E-state index contributed by atoms with van der Waals surface area (Å²) in [6.45, 7) is 17.8. The monoisotopic (exact) mass is 490 g/mol. The quantitative estimate of drug-likeness (QED) is 0.359. The molecule has 0 aliphatic heterocycles. The second kappa shape index (κ2) is 8.78. The first-order valence-electron chi connectivity index (χ1n) is 8.30. The van der Waals surface area contributed by atoms with E-state index in [4.69, 9.17) is 4.12 Å². The Morgan fingerprint density at radius 3 is 1.22 bits per heavy atom. The van der Waals surface area contributed by atoms with Crippen LogP contribution in [0.1, 0.15) is 41.5 Å². The molecule has 0 aliphatic rings. The Labute approximate surface area is 162 Å². The molecule has 0 radical (unpaired) electrons. The molecular weight excluding hydrogens is 456 g/mol. The fraction of sp³-hybridized carbons (Fsp3) is 1.00. The maximum atomic E-state index is 10.3. The first-order chi connectivity index (χ1) is 10.1. The van der Waals surface area contributed by atoms with Gasteiger partial charge in [0.15, 0.2) is 16.6 Å².